The van der Waals surface area contributed by atoms with Crippen LogP contribution in [0, 0.1) is 5.41 Å². The van der Waals surface area contributed by atoms with E-state index in [0.717, 1.165) is 10.9 Å². The molecule has 1 amide bonds. The van der Waals surface area contributed by atoms with Gasteiger partial charge in [-0.15, -0.1) is 0 Å². The molecule has 4 aromatic rings. The first kappa shape index (κ1) is 20.0. The van der Waals surface area contributed by atoms with Crippen molar-refractivity contribution in [3.05, 3.63) is 102 Å². The molecular weight excluding hydrogens is 390 g/mol. The van der Waals surface area contributed by atoms with Crippen molar-refractivity contribution in [2.75, 3.05) is 5.73 Å². The van der Waals surface area contributed by atoms with Crippen LogP contribution in [0.4, 0.5) is 5.69 Å². The summed E-state index contributed by atoms with van der Waals surface area (Å²) in [4.78, 5) is 12.2. The van der Waals surface area contributed by atoms with Crippen LogP contribution in [0.1, 0.15) is 16.9 Å². The highest BCUT2D eigenvalue weighted by Gasteiger charge is 2.16. The molecular formula is C25H21N3O3. The number of anilines is 1. The molecule has 31 heavy (non-hydrogen) atoms. The third-order valence-electron chi connectivity index (χ3n) is 4.81. The lowest BCUT2D eigenvalue weighted by Gasteiger charge is -2.12. The van der Waals surface area contributed by atoms with Crippen LogP contribution in [0.15, 0.2) is 89.4 Å². The Hall–Kier alpha value is -4.32. The summed E-state index contributed by atoms with van der Waals surface area (Å²) in [5.41, 5.74) is 14.3. The zero-order chi connectivity index (χ0) is 21.8. The van der Waals surface area contributed by atoms with Crippen LogP contribution in [-0.2, 0) is 11.4 Å². The zero-order valence-corrected chi connectivity index (χ0v) is 16.7. The molecule has 0 atom stereocenters. The Morgan fingerprint density at radius 2 is 1.74 bits per heavy atom. The normalized spacial score (nSPS) is 11.4. The quantitative estimate of drug-likeness (QED) is 0.235. The molecule has 6 heteroatoms. The zero-order valence-electron chi connectivity index (χ0n) is 16.7. The topological polar surface area (TPSA) is 115 Å². The van der Waals surface area contributed by atoms with Gasteiger partial charge in [0, 0.05) is 16.6 Å². The number of furan rings is 1. The molecule has 0 aliphatic rings. The molecule has 0 aliphatic heterocycles. The predicted molar refractivity (Wildman–Crippen MR) is 122 cm³/mol. The Kier molecular flexibility index (Phi) is 5.53. The Morgan fingerprint density at radius 3 is 2.48 bits per heavy atom. The van der Waals surface area contributed by atoms with Crippen LogP contribution in [0.5, 0.6) is 5.75 Å². The number of carbonyl (C=O) groups is 1. The van der Waals surface area contributed by atoms with Gasteiger partial charge in [0.2, 0.25) is 5.91 Å². The van der Waals surface area contributed by atoms with Crippen LogP contribution in [-0.4, -0.2) is 11.6 Å². The first-order chi connectivity index (χ1) is 15.0. The average Bonchev–Trinajstić information content (AvgIpc) is 3.22. The maximum atomic E-state index is 12.2. The van der Waals surface area contributed by atoms with Gasteiger partial charge in [-0.1, -0.05) is 48.5 Å². The summed E-state index contributed by atoms with van der Waals surface area (Å²) in [6, 6.07) is 23.9. The van der Waals surface area contributed by atoms with Gasteiger partial charge in [0.1, 0.15) is 17.9 Å². The monoisotopic (exact) mass is 411 g/mol. The van der Waals surface area contributed by atoms with Crippen LogP contribution < -0.4 is 16.2 Å². The molecule has 0 saturated heterocycles. The summed E-state index contributed by atoms with van der Waals surface area (Å²) in [7, 11) is 0. The van der Waals surface area contributed by atoms with Crippen molar-refractivity contribution in [2.24, 2.45) is 5.73 Å². The molecule has 0 spiro atoms. The number of allylic oxidation sites excluding steroid dienone is 1. The second-order valence-electron chi connectivity index (χ2n) is 7.01. The third-order valence-corrected chi connectivity index (χ3v) is 4.81. The van der Waals surface area contributed by atoms with E-state index in [-0.39, 0.29) is 11.3 Å². The van der Waals surface area contributed by atoms with E-state index in [4.69, 9.17) is 26.0 Å². The molecule has 0 aliphatic carbocycles. The molecule has 4 rings (SSSR count). The number of carbonyl (C=O) groups excluding carboxylic acids is 1. The van der Waals surface area contributed by atoms with E-state index in [9.17, 15) is 4.79 Å². The largest absolute Gasteiger partial charge is 0.489 e. The minimum atomic E-state index is -0.701. The van der Waals surface area contributed by atoms with Gasteiger partial charge >= 0.3 is 0 Å². The molecule has 0 radical (unpaired) electrons. The molecule has 154 valence electrons. The molecule has 0 unspecified atom stereocenters. The first-order valence-electron chi connectivity index (χ1n) is 9.67. The van der Waals surface area contributed by atoms with E-state index in [0.29, 0.717) is 35.0 Å². The van der Waals surface area contributed by atoms with Crippen LogP contribution in [0.2, 0.25) is 0 Å². The van der Waals surface area contributed by atoms with Crippen LogP contribution in [0.3, 0.4) is 0 Å². The van der Waals surface area contributed by atoms with Gasteiger partial charge in [0.05, 0.1) is 11.3 Å². The summed E-state index contributed by atoms with van der Waals surface area (Å²) < 4.78 is 11.6. The Morgan fingerprint density at radius 1 is 1.00 bits per heavy atom. The van der Waals surface area contributed by atoms with E-state index in [1.807, 2.05) is 54.6 Å². The lowest BCUT2D eigenvalue weighted by atomic mass is 10.0. The Labute approximate surface area is 179 Å². The van der Waals surface area contributed by atoms with Crippen molar-refractivity contribution in [3.8, 4) is 5.75 Å². The summed E-state index contributed by atoms with van der Waals surface area (Å²) in [6.07, 6.45) is 1.37. The molecule has 6 nitrogen and oxygen atoms in total. The number of hydrogen-bond acceptors (Lipinski definition) is 5. The number of para-hydroxylation sites is 1. The average molecular weight is 411 g/mol. The lowest BCUT2D eigenvalue weighted by Crippen LogP contribution is -2.15. The minimum Gasteiger partial charge on any atom is -0.489 e. The van der Waals surface area contributed by atoms with Crippen molar-refractivity contribution in [1.29, 1.82) is 5.41 Å². The van der Waals surface area contributed by atoms with Crippen molar-refractivity contribution in [3.63, 3.8) is 0 Å². The number of nitrogens with one attached hydrogen (secondary N) is 1. The van der Waals surface area contributed by atoms with Crippen molar-refractivity contribution in [1.82, 2.24) is 0 Å². The smallest absolute Gasteiger partial charge is 0.249 e. The van der Waals surface area contributed by atoms with E-state index < -0.39 is 5.91 Å². The highest BCUT2D eigenvalue weighted by molar-refractivity contribution is 6.26. The second kappa shape index (κ2) is 8.59. The molecule has 0 fully saturated rings. The Balaban J connectivity index is 1.63. The van der Waals surface area contributed by atoms with Gasteiger partial charge in [-0.05, 0) is 42.0 Å². The number of rotatable bonds is 7. The maximum absolute atomic E-state index is 12.2. The van der Waals surface area contributed by atoms with Gasteiger partial charge in [-0.2, -0.15) is 0 Å². The Bertz CT molecular complexity index is 1260. The predicted octanol–water partition coefficient (Wildman–Crippen LogP) is 4.53. The highest BCUT2D eigenvalue weighted by Crippen LogP contribution is 2.28. The fourth-order valence-corrected chi connectivity index (χ4v) is 3.21. The van der Waals surface area contributed by atoms with Crippen LogP contribution >= 0.6 is 0 Å². The number of fused-ring (bicyclic) bond motifs is 1. The van der Waals surface area contributed by atoms with Crippen molar-refractivity contribution < 1.29 is 13.9 Å². The minimum absolute atomic E-state index is 0.0139. The molecule has 5 N–H and O–H groups in total. The summed E-state index contributed by atoms with van der Waals surface area (Å²) >= 11 is 0. The number of nitrogen functional groups attached to an aromatic ring is 1. The van der Waals surface area contributed by atoms with E-state index in [2.05, 4.69) is 0 Å². The van der Waals surface area contributed by atoms with E-state index in [1.54, 1.807) is 24.3 Å². The second-order valence-corrected chi connectivity index (χ2v) is 7.01. The van der Waals surface area contributed by atoms with Gasteiger partial charge in [0.25, 0.3) is 0 Å². The van der Waals surface area contributed by atoms with Crippen LogP contribution in [0.25, 0.3) is 16.5 Å². The van der Waals surface area contributed by atoms with Gasteiger partial charge in [0.15, 0.2) is 5.76 Å². The maximum Gasteiger partial charge on any atom is 0.249 e. The third kappa shape index (κ3) is 4.48. The summed E-state index contributed by atoms with van der Waals surface area (Å²) in [5.74, 6) is 0.165. The van der Waals surface area contributed by atoms with Gasteiger partial charge < -0.3 is 20.6 Å². The molecule has 0 saturated carbocycles. The number of amides is 1. The van der Waals surface area contributed by atoms with E-state index in [1.165, 1.54) is 6.08 Å². The summed E-state index contributed by atoms with van der Waals surface area (Å²) in [5, 5.41) is 9.27. The van der Waals surface area contributed by atoms with Crippen molar-refractivity contribution in [2.45, 2.75) is 6.61 Å². The molecule has 0 bridgehead atoms. The number of nitrogens with two attached hydrogens (primary N) is 2. The fraction of sp³-hybridized carbons (Fsp3) is 0.0400. The van der Waals surface area contributed by atoms with Crippen molar-refractivity contribution >= 4 is 33.8 Å². The standard InChI is InChI=1S/C25H21N3O3/c26-21-11-10-18(30-15-16-6-2-1-3-7-16)13-19(21)20(25(28)29)14-22(27)24-12-17-8-4-5-9-23(17)31-24/h1-14,27H,15,26H2,(H2,28,29)/b20-14-,27-22?. The van der Waals surface area contributed by atoms with Gasteiger partial charge in [-0.3, -0.25) is 10.2 Å². The molecule has 1 aromatic heterocycles. The molecule has 3 aromatic carbocycles. The lowest BCUT2D eigenvalue weighted by molar-refractivity contribution is -0.112. The number of primary amides is 1. The number of ether oxygens (including phenoxy) is 1. The number of hydrogen-bond donors (Lipinski definition) is 3. The highest BCUT2D eigenvalue weighted by atomic mass is 16.5. The fourth-order valence-electron chi connectivity index (χ4n) is 3.21. The van der Waals surface area contributed by atoms with E-state index >= 15 is 0 Å². The summed E-state index contributed by atoms with van der Waals surface area (Å²) in [6.45, 7) is 0.370. The number of benzene rings is 3. The SMILES string of the molecule is N=C(/C=C(\C(N)=O)c1cc(OCc2ccccc2)ccc1N)c1cc2ccccc2o1. The van der Waals surface area contributed by atoms with Gasteiger partial charge in [-0.25, -0.2) is 0 Å². The first-order valence-corrected chi connectivity index (χ1v) is 9.67. The molecule has 1 heterocycles.